The molecule has 2 aliphatic rings. The standard InChI is InChI=1S/C18H25N3O2/c1-20(15-9-10-15)13-17(22)19-16(14-6-3-2-4-7-14)12-21-11-5-8-18(21)23/h2-4,6-7,15-16H,5,8-13H2,1H3,(H,19,22)/t16-/m0/s1. The topological polar surface area (TPSA) is 52.7 Å². The highest BCUT2D eigenvalue weighted by molar-refractivity contribution is 5.79. The quantitative estimate of drug-likeness (QED) is 0.831. The molecule has 5 nitrogen and oxygen atoms in total. The van der Waals surface area contributed by atoms with E-state index >= 15 is 0 Å². The molecule has 1 aromatic carbocycles. The van der Waals surface area contributed by atoms with Crippen molar-refractivity contribution in [3.63, 3.8) is 0 Å². The van der Waals surface area contributed by atoms with Crippen molar-refractivity contribution < 1.29 is 9.59 Å². The van der Waals surface area contributed by atoms with Gasteiger partial charge in [0.15, 0.2) is 0 Å². The summed E-state index contributed by atoms with van der Waals surface area (Å²) in [4.78, 5) is 28.2. The predicted octanol–water partition coefficient (Wildman–Crippen LogP) is 1.56. The zero-order chi connectivity index (χ0) is 16.2. The van der Waals surface area contributed by atoms with Crippen molar-refractivity contribution in [2.45, 2.75) is 37.8 Å². The Kier molecular flexibility index (Phi) is 4.96. The molecule has 0 unspecified atom stereocenters. The minimum atomic E-state index is -0.140. The van der Waals surface area contributed by atoms with Gasteiger partial charge in [0.25, 0.3) is 0 Å². The lowest BCUT2D eigenvalue weighted by molar-refractivity contribution is -0.129. The Bertz CT molecular complexity index is 557. The number of carbonyl (C=O) groups excluding carboxylic acids is 2. The van der Waals surface area contributed by atoms with Gasteiger partial charge in [0.05, 0.1) is 12.6 Å². The number of hydrogen-bond acceptors (Lipinski definition) is 3. The van der Waals surface area contributed by atoms with E-state index in [0.29, 0.717) is 25.6 Å². The van der Waals surface area contributed by atoms with Crippen LogP contribution in [0.15, 0.2) is 30.3 Å². The van der Waals surface area contributed by atoms with Crippen LogP contribution >= 0.6 is 0 Å². The Morgan fingerprint density at radius 1 is 1.35 bits per heavy atom. The van der Waals surface area contributed by atoms with Gasteiger partial charge in [0, 0.05) is 25.6 Å². The summed E-state index contributed by atoms with van der Waals surface area (Å²) in [6.07, 6.45) is 3.92. The second-order valence-electron chi connectivity index (χ2n) is 6.62. The summed E-state index contributed by atoms with van der Waals surface area (Å²) >= 11 is 0. The van der Waals surface area contributed by atoms with Crippen LogP contribution in [0.2, 0.25) is 0 Å². The number of rotatable bonds is 7. The third kappa shape index (κ3) is 4.32. The monoisotopic (exact) mass is 315 g/mol. The van der Waals surface area contributed by atoms with Crippen molar-refractivity contribution in [1.82, 2.24) is 15.1 Å². The zero-order valence-corrected chi connectivity index (χ0v) is 13.7. The van der Waals surface area contributed by atoms with Crippen molar-refractivity contribution >= 4 is 11.8 Å². The lowest BCUT2D eigenvalue weighted by Gasteiger charge is -2.26. The van der Waals surface area contributed by atoms with Crippen LogP contribution in [0.4, 0.5) is 0 Å². The van der Waals surface area contributed by atoms with Crippen molar-refractivity contribution in [1.29, 1.82) is 0 Å². The molecule has 1 saturated carbocycles. The SMILES string of the molecule is CN(CC(=O)N[C@@H](CN1CCCC1=O)c1ccccc1)C1CC1. The summed E-state index contributed by atoms with van der Waals surface area (Å²) in [5.41, 5.74) is 1.05. The molecule has 1 heterocycles. The van der Waals surface area contributed by atoms with Crippen molar-refractivity contribution in [3.05, 3.63) is 35.9 Å². The van der Waals surface area contributed by atoms with E-state index in [1.165, 1.54) is 12.8 Å². The van der Waals surface area contributed by atoms with Gasteiger partial charge < -0.3 is 10.2 Å². The highest BCUT2D eigenvalue weighted by atomic mass is 16.2. The molecular weight excluding hydrogens is 290 g/mol. The minimum absolute atomic E-state index is 0.0277. The molecule has 1 aromatic rings. The normalized spacial score (nSPS) is 19.2. The van der Waals surface area contributed by atoms with Crippen LogP contribution in [0, 0.1) is 0 Å². The fraction of sp³-hybridized carbons (Fsp3) is 0.556. The van der Waals surface area contributed by atoms with Crippen LogP contribution in [0.3, 0.4) is 0 Å². The molecule has 0 radical (unpaired) electrons. The van der Waals surface area contributed by atoms with Gasteiger partial charge in [0.2, 0.25) is 11.8 Å². The number of benzene rings is 1. The van der Waals surface area contributed by atoms with E-state index in [0.717, 1.165) is 18.5 Å². The number of carbonyl (C=O) groups is 2. The van der Waals surface area contributed by atoms with E-state index in [2.05, 4.69) is 10.2 Å². The van der Waals surface area contributed by atoms with E-state index in [1.54, 1.807) is 0 Å². The van der Waals surface area contributed by atoms with Crippen LogP contribution in [-0.4, -0.2) is 54.3 Å². The van der Waals surface area contributed by atoms with E-state index in [9.17, 15) is 9.59 Å². The second-order valence-corrected chi connectivity index (χ2v) is 6.62. The molecule has 2 amide bonds. The number of likely N-dealkylation sites (tertiary alicyclic amines) is 1. The summed E-state index contributed by atoms with van der Waals surface area (Å²) in [6.45, 7) is 1.77. The van der Waals surface area contributed by atoms with Gasteiger partial charge in [0.1, 0.15) is 0 Å². The molecule has 1 N–H and O–H groups in total. The van der Waals surface area contributed by atoms with Crippen LogP contribution in [-0.2, 0) is 9.59 Å². The molecule has 5 heteroatoms. The van der Waals surface area contributed by atoms with Gasteiger partial charge in [-0.15, -0.1) is 0 Å². The van der Waals surface area contributed by atoms with Crippen molar-refractivity contribution in [3.8, 4) is 0 Å². The Morgan fingerprint density at radius 2 is 2.09 bits per heavy atom. The van der Waals surface area contributed by atoms with Gasteiger partial charge in [-0.1, -0.05) is 30.3 Å². The molecule has 124 valence electrons. The molecule has 3 rings (SSSR count). The average molecular weight is 315 g/mol. The highest BCUT2D eigenvalue weighted by Gasteiger charge is 2.29. The average Bonchev–Trinajstić information content (AvgIpc) is 3.32. The van der Waals surface area contributed by atoms with E-state index in [4.69, 9.17) is 0 Å². The lowest BCUT2D eigenvalue weighted by Crippen LogP contribution is -2.42. The second kappa shape index (κ2) is 7.13. The number of nitrogens with one attached hydrogen (secondary N) is 1. The maximum Gasteiger partial charge on any atom is 0.234 e. The first-order valence-electron chi connectivity index (χ1n) is 8.46. The molecule has 2 fully saturated rings. The third-order valence-electron chi connectivity index (χ3n) is 4.67. The fourth-order valence-electron chi connectivity index (χ4n) is 3.15. The Hall–Kier alpha value is -1.88. The van der Waals surface area contributed by atoms with Gasteiger partial charge >= 0.3 is 0 Å². The van der Waals surface area contributed by atoms with Crippen molar-refractivity contribution in [2.75, 3.05) is 26.7 Å². The largest absolute Gasteiger partial charge is 0.346 e. The zero-order valence-electron chi connectivity index (χ0n) is 13.7. The smallest absolute Gasteiger partial charge is 0.234 e. The molecule has 0 spiro atoms. The summed E-state index contributed by atoms with van der Waals surface area (Å²) in [7, 11) is 2.00. The van der Waals surface area contributed by atoms with Gasteiger partial charge in [-0.2, -0.15) is 0 Å². The van der Waals surface area contributed by atoms with Crippen LogP contribution in [0.1, 0.15) is 37.3 Å². The van der Waals surface area contributed by atoms with Gasteiger partial charge in [-0.05, 0) is 31.9 Å². The molecule has 1 aliphatic carbocycles. The summed E-state index contributed by atoms with van der Waals surface area (Å²) < 4.78 is 0. The minimum Gasteiger partial charge on any atom is -0.346 e. The maximum atomic E-state index is 12.4. The fourth-order valence-corrected chi connectivity index (χ4v) is 3.15. The molecular formula is C18H25N3O2. The summed E-state index contributed by atoms with van der Waals surface area (Å²) in [6, 6.07) is 10.3. The third-order valence-corrected chi connectivity index (χ3v) is 4.67. The molecule has 0 bridgehead atoms. The Balaban J connectivity index is 1.64. The van der Waals surface area contributed by atoms with Crippen molar-refractivity contribution in [2.24, 2.45) is 0 Å². The van der Waals surface area contributed by atoms with Crippen LogP contribution in [0.25, 0.3) is 0 Å². The predicted molar refractivity (Wildman–Crippen MR) is 88.8 cm³/mol. The maximum absolute atomic E-state index is 12.4. The molecule has 23 heavy (non-hydrogen) atoms. The van der Waals surface area contributed by atoms with E-state index < -0.39 is 0 Å². The van der Waals surface area contributed by atoms with Gasteiger partial charge in [-0.3, -0.25) is 14.5 Å². The van der Waals surface area contributed by atoms with E-state index in [-0.39, 0.29) is 17.9 Å². The highest BCUT2D eigenvalue weighted by Crippen LogP contribution is 2.25. The lowest BCUT2D eigenvalue weighted by atomic mass is 10.1. The number of likely N-dealkylation sites (N-methyl/N-ethyl adjacent to an activating group) is 1. The van der Waals surface area contributed by atoms with Crippen LogP contribution in [0.5, 0.6) is 0 Å². The molecule has 1 atom stereocenters. The summed E-state index contributed by atoms with van der Waals surface area (Å²) in [5.74, 6) is 0.218. The first-order chi connectivity index (χ1) is 11.1. The van der Waals surface area contributed by atoms with Crippen LogP contribution < -0.4 is 5.32 Å². The molecule has 0 aromatic heterocycles. The first-order valence-corrected chi connectivity index (χ1v) is 8.46. The number of amides is 2. The van der Waals surface area contributed by atoms with E-state index in [1.807, 2.05) is 42.3 Å². The Morgan fingerprint density at radius 3 is 2.70 bits per heavy atom. The number of nitrogens with zero attached hydrogens (tertiary/aromatic N) is 2. The molecule has 1 aliphatic heterocycles. The Labute approximate surface area is 137 Å². The number of hydrogen-bond donors (Lipinski definition) is 1. The van der Waals surface area contributed by atoms with Gasteiger partial charge in [-0.25, -0.2) is 0 Å². The summed E-state index contributed by atoms with van der Waals surface area (Å²) in [5, 5.41) is 3.12. The molecule has 1 saturated heterocycles. The first kappa shape index (κ1) is 16.0.